The lowest BCUT2D eigenvalue weighted by atomic mass is 9.74. The molecule has 0 atom stereocenters. The van der Waals surface area contributed by atoms with Crippen LogP contribution in [-0.2, 0) is 5.41 Å². The van der Waals surface area contributed by atoms with Gasteiger partial charge in [0.15, 0.2) is 0 Å². The average molecular weight is 364 g/mol. The molecule has 4 heteroatoms. The van der Waals surface area contributed by atoms with Gasteiger partial charge in [0, 0.05) is 29.8 Å². The Morgan fingerprint density at radius 1 is 1.19 bits per heavy atom. The van der Waals surface area contributed by atoms with Gasteiger partial charge in [-0.15, -0.1) is 6.58 Å². The van der Waals surface area contributed by atoms with Crippen molar-refractivity contribution in [1.82, 2.24) is 4.90 Å². The van der Waals surface area contributed by atoms with Crippen LogP contribution in [0.15, 0.2) is 55.1 Å². The third-order valence-corrected chi connectivity index (χ3v) is 6.03. The van der Waals surface area contributed by atoms with Gasteiger partial charge in [-0.05, 0) is 68.8 Å². The van der Waals surface area contributed by atoms with E-state index in [1.54, 1.807) is 12.1 Å². The molecule has 2 aromatic rings. The highest BCUT2D eigenvalue weighted by atomic mass is 19.1. The molecule has 0 N–H and O–H groups in total. The van der Waals surface area contributed by atoms with Gasteiger partial charge >= 0.3 is 0 Å². The van der Waals surface area contributed by atoms with Gasteiger partial charge in [-0.3, -0.25) is 9.69 Å². The van der Waals surface area contributed by atoms with E-state index in [2.05, 4.69) is 11.5 Å². The summed E-state index contributed by atoms with van der Waals surface area (Å²) < 4.78 is 14.1. The first-order chi connectivity index (χ1) is 13.0. The minimum absolute atomic E-state index is 0.00625. The van der Waals surface area contributed by atoms with E-state index in [1.807, 2.05) is 42.2 Å². The Labute approximate surface area is 160 Å². The molecule has 1 saturated heterocycles. The quantitative estimate of drug-likeness (QED) is 0.758. The Morgan fingerprint density at radius 3 is 2.56 bits per heavy atom. The molecule has 4 rings (SSSR count). The summed E-state index contributed by atoms with van der Waals surface area (Å²) in [6, 6.07) is 12.5. The molecular formula is C23H25FN2O. The molecule has 27 heavy (non-hydrogen) atoms. The molecule has 0 aromatic heterocycles. The lowest BCUT2D eigenvalue weighted by Gasteiger charge is -2.39. The third kappa shape index (κ3) is 3.19. The smallest absolute Gasteiger partial charge is 0.258 e. The second-order valence-electron chi connectivity index (χ2n) is 7.79. The summed E-state index contributed by atoms with van der Waals surface area (Å²) >= 11 is 0. The van der Waals surface area contributed by atoms with Crippen molar-refractivity contribution in [2.45, 2.75) is 25.2 Å². The van der Waals surface area contributed by atoms with Crippen molar-refractivity contribution in [3.05, 3.63) is 77.6 Å². The first kappa shape index (κ1) is 17.9. The number of halogens is 1. The molecule has 0 unspecified atom stereocenters. The lowest BCUT2D eigenvalue weighted by molar-refractivity contribution is 0.0978. The summed E-state index contributed by atoms with van der Waals surface area (Å²) in [7, 11) is 0. The van der Waals surface area contributed by atoms with E-state index in [4.69, 9.17) is 0 Å². The first-order valence-electron chi connectivity index (χ1n) is 9.54. The molecule has 140 valence electrons. The van der Waals surface area contributed by atoms with E-state index in [-0.39, 0.29) is 17.1 Å². The fraction of sp³-hybridized carbons (Fsp3) is 0.348. The average Bonchev–Trinajstić information content (AvgIpc) is 2.98. The molecule has 0 bridgehead atoms. The monoisotopic (exact) mass is 364 g/mol. The van der Waals surface area contributed by atoms with E-state index in [9.17, 15) is 9.18 Å². The number of hydrogen-bond donors (Lipinski definition) is 0. The van der Waals surface area contributed by atoms with Crippen molar-refractivity contribution in [3.63, 3.8) is 0 Å². The van der Waals surface area contributed by atoms with Crippen LogP contribution in [0.25, 0.3) is 0 Å². The summed E-state index contributed by atoms with van der Waals surface area (Å²) in [5.41, 5.74) is 3.49. The minimum Gasteiger partial charge on any atom is -0.307 e. The summed E-state index contributed by atoms with van der Waals surface area (Å²) in [6.07, 6.45) is 3.78. The van der Waals surface area contributed by atoms with Crippen molar-refractivity contribution >= 4 is 11.6 Å². The maximum Gasteiger partial charge on any atom is 0.258 e. The molecule has 2 aliphatic rings. The Kier molecular flexibility index (Phi) is 4.60. The van der Waals surface area contributed by atoms with Gasteiger partial charge in [0.05, 0.1) is 0 Å². The Hall–Kier alpha value is -2.46. The van der Waals surface area contributed by atoms with Gasteiger partial charge < -0.3 is 4.90 Å². The van der Waals surface area contributed by atoms with Crippen LogP contribution in [0.5, 0.6) is 0 Å². The van der Waals surface area contributed by atoms with E-state index < -0.39 is 0 Å². The van der Waals surface area contributed by atoms with Crippen LogP contribution in [0, 0.1) is 12.7 Å². The zero-order chi connectivity index (χ0) is 19.0. The highest BCUT2D eigenvalue weighted by Gasteiger charge is 2.46. The molecule has 3 nitrogen and oxygen atoms in total. The number of likely N-dealkylation sites (tertiary alicyclic amines) is 1. The van der Waals surface area contributed by atoms with Gasteiger partial charge in [-0.2, -0.15) is 0 Å². The predicted octanol–water partition coefficient (Wildman–Crippen LogP) is 4.31. The first-order valence-corrected chi connectivity index (χ1v) is 9.54. The molecule has 2 aromatic carbocycles. The van der Waals surface area contributed by atoms with Crippen LogP contribution in [0.2, 0.25) is 0 Å². The van der Waals surface area contributed by atoms with Gasteiger partial charge in [-0.25, -0.2) is 4.39 Å². The molecule has 0 radical (unpaired) electrons. The molecular weight excluding hydrogens is 339 g/mol. The number of aryl methyl sites for hydroxylation is 1. The molecule has 1 amide bonds. The van der Waals surface area contributed by atoms with Crippen LogP contribution in [0.1, 0.15) is 34.3 Å². The Balaban J connectivity index is 1.67. The number of nitrogens with zero attached hydrogens (tertiary/aromatic N) is 2. The van der Waals surface area contributed by atoms with Crippen LogP contribution in [0.3, 0.4) is 0 Å². The fourth-order valence-electron chi connectivity index (χ4n) is 4.45. The van der Waals surface area contributed by atoms with Crippen molar-refractivity contribution in [2.75, 3.05) is 31.1 Å². The summed E-state index contributed by atoms with van der Waals surface area (Å²) in [5, 5.41) is 0. The Bertz CT molecular complexity index is 866. The van der Waals surface area contributed by atoms with E-state index >= 15 is 0 Å². The van der Waals surface area contributed by atoms with Crippen molar-refractivity contribution in [1.29, 1.82) is 0 Å². The SMILES string of the molecule is C=CCN1CCC2(CC1)CN(C(=O)c1ccc(C)cc1)c1ccc(F)cc12. The lowest BCUT2D eigenvalue weighted by Crippen LogP contribution is -2.46. The Morgan fingerprint density at radius 2 is 1.89 bits per heavy atom. The van der Waals surface area contributed by atoms with E-state index in [0.717, 1.165) is 49.3 Å². The van der Waals surface area contributed by atoms with Crippen LogP contribution in [-0.4, -0.2) is 37.0 Å². The standard InChI is InChI=1S/C23H25FN2O/c1-3-12-25-13-10-23(11-14-25)16-26(21-9-8-19(24)15-20(21)23)22(27)18-6-4-17(2)5-7-18/h3-9,15H,1,10-14,16H2,2H3. The number of amides is 1. The van der Waals surface area contributed by atoms with Gasteiger partial charge in [0.1, 0.15) is 5.82 Å². The molecule has 0 saturated carbocycles. The van der Waals surface area contributed by atoms with Crippen LogP contribution >= 0.6 is 0 Å². The molecule has 0 aliphatic carbocycles. The molecule has 1 fully saturated rings. The molecule has 2 heterocycles. The van der Waals surface area contributed by atoms with Crippen molar-refractivity contribution in [3.8, 4) is 0 Å². The maximum atomic E-state index is 14.1. The zero-order valence-electron chi connectivity index (χ0n) is 15.7. The highest BCUT2D eigenvalue weighted by Crippen LogP contribution is 2.47. The zero-order valence-corrected chi connectivity index (χ0v) is 15.7. The second-order valence-corrected chi connectivity index (χ2v) is 7.79. The largest absolute Gasteiger partial charge is 0.307 e. The number of anilines is 1. The number of fused-ring (bicyclic) bond motifs is 2. The number of rotatable bonds is 3. The predicted molar refractivity (Wildman–Crippen MR) is 107 cm³/mol. The van der Waals surface area contributed by atoms with Crippen LogP contribution < -0.4 is 4.90 Å². The minimum atomic E-state index is -0.230. The van der Waals surface area contributed by atoms with Gasteiger partial charge in [0.25, 0.3) is 5.91 Å². The molecule has 1 spiro atoms. The number of carbonyl (C=O) groups is 1. The van der Waals surface area contributed by atoms with E-state index in [0.29, 0.717) is 12.1 Å². The van der Waals surface area contributed by atoms with Gasteiger partial charge in [-0.1, -0.05) is 23.8 Å². The topological polar surface area (TPSA) is 23.6 Å². The summed E-state index contributed by atoms with van der Waals surface area (Å²) in [4.78, 5) is 17.4. The number of carbonyl (C=O) groups excluding carboxylic acids is 1. The molecule has 2 aliphatic heterocycles. The fourth-order valence-corrected chi connectivity index (χ4v) is 4.45. The highest BCUT2D eigenvalue weighted by molar-refractivity contribution is 6.07. The number of piperidine rings is 1. The van der Waals surface area contributed by atoms with Crippen molar-refractivity contribution < 1.29 is 9.18 Å². The van der Waals surface area contributed by atoms with Gasteiger partial charge in [0.2, 0.25) is 0 Å². The summed E-state index contributed by atoms with van der Waals surface area (Å²) in [6.45, 7) is 9.21. The van der Waals surface area contributed by atoms with Crippen LogP contribution in [0.4, 0.5) is 10.1 Å². The van der Waals surface area contributed by atoms with Crippen molar-refractivity contribution in [2.24, 2.45) is 0 Å². The number of hydrogen-bond acceptors (Lipinski definition) is 2. The third-order valence-electron chi connectivity index (χ3n) is 6.03. The summed E-state index contributed by atoms with van der Waals surface area (Å²) in [5.74, 6) is -0.237. The number of benzene rings is 2. The second kappa shape index (κ2) is 6.93. The maximum absolute atomic E-state index is 14.1. The normalized spacial score (nSPS) is 18.5. The van der Waals surface area contributed by atoms with E-state index in [1.165, 1.54) is 6.07 Å².